The van der Waals surface area contributed by atoms with Gasteiger partial charge in [0.25, 0.3) is 0 Å². The summed E-state index contributed by atoms with van der Waals surface area (Å²) in [6.45, 7) is 4.30. The van der Waals surface area contributed by atoms with Crippen molar-refractivity contribution in [1.82, 2.24) is 0 Å². The lowest BCUT2D eigenvalue weighted by molar-refractivity contribution is 0.139. The summed E-state index contributed by atoms with van der Waals surface area (Å²) in [4.78, 5) is 0. The molecule has 1 rings (SSSR count). The molecular formula is C14H21FO. The van der Waals surface area contributed by atoms with Crippen LogP contribution in [0.3, 0.4) is 0 Å². The number of aliphatic hydroxyl groups is 1. The van der Waals surface area contributed by atoms with E-state index in [-0.39, 0.29) is 11.9 Å². The van der Waals surface area contributed by atoms with Crippen molar-refractivity contribution in [3.63, 3.8) is 0 Å². The molecular weight excluding hydrogens is 203 g/mol. The lowest BCUT2D eigenvalue weighted by atomic mass is 9.93. The molecule has 0 heterocycles. The van der Waals surface area contributed by atoms with Crippen LogP contribution in [0.25, 0.3) is 0 Å². The van der Waals surface area contributed by atoms with E-state index in [0.717, 1.165) is 24.8 Å². The van der Waals surface area contributed by atoms with Crippen molar-refractivity contribution in [3.05, 3.63) is 35.6 Å². The summed E-state index contributed by atoms with van der Waals surface area (Å²) in [5, 5.41) is 9.91. The maximum absolute atomic E-state index is 12.7. The van der Waals surface area contributed by atoms with Crippen molar-refractivity contribution in [2.24, 2.45) is 5.92 Å². The van der Waals surface area contributed by atoms with Crippen LogP contribution in [-0.4, -0.2) is 11.2 Å². The number of hydrogen-bond donors (Lipinski definition) is 1. The zero-order valence-electron chi connectivity index (χ0n) is 10.1. The molecule has 0 aliphatic carbocycles. The van der Waals surface area contributed by atoms with Crippen LogP contribution in [0.5, 0.6) is 0 Å². The molecule has 1 atom stereocenters. The molecule has 0 fully saturated rings. The van der Waals surface area contributed by atoms with Gasteiger partial charge in [0.05, 0.1) is 6.10 Å². The molecule has 1 unspecified atom stereocenters. The molecule has 16 heavy (non-hydrogen) atoms. The monoisotopic (exact) mass is 224 g/mol. The van der Waals surface area contributed by atoms with Crippen LogP contribution in [0.15, 0.2) is 24.3 Å². The standard InChI is InChI=1S/C14H21FO/c1-3-11(4-2)9-14(16)10-12-5-7-13(15)8-6-12/h5-8,11,14,16H,3-4,9-10H2,1-2H3. The molecule has 0 aliphatic heterocycles. The minimum Gasteiger partial charge on any atom is -0.393 e. The fraction of sp³-hybridized carbons (Fsp3) is 0.571. The lowest BCUT2D eigenvalue weighted by Crippen LogP contribution is -2.15. The Kier molecular flexibility index (Phi) is 5.47. The van der Waals surface area contributed by atoms with Crippen molar-refractivity contribution in [3.8, 4) is 0 Å². The maximum atomic E-state index is 12.7. The first-order chi connectivity index (χ1) is 7.65. The highest BCUT2D eigenvalue weighted by molar-refractivity contribution is 5.16. The third-order valence-electron chi connectivity index (χ3n) is 3.14. The van der Waals surface area contributed by atoms with Crippen molar-refractivity contribution >= 4 is 0 Å². The number of hydrogen-bond acceptors (Lipinski definition) is 1. The quantitative estimate of drug-likeness (QED) is 0.783. The van der Waals surface area contributed by atoms with Gasteiger partial charge in [0.2, 0.25) is 0 Å². The third kappa shape index (κ3) is 4.31. The predicted molar refractivity (Wildman–Crippen MR) is 64.8 cm³/mol. The average molecular weight is 224 g/mol. The number of aliphatic hydroxyl groups excluding tert-OH is 1. The van der Waals surface area contributed by atoms with Gasteiger partial charge in [0.15, 0.2) is 0 Å². The largest absolute Gasteiger partial charge is 0.393 e. The van der Waals surface area contributed by atoms with E-state index < -0.39 is 0 Å². The topological polar surface area (TPSA) is 20.2 Å². The van der Waals surface area contributed by atoms with Gasteiger partial charge >= 0.3 is 0 Å². The first-order valence-electron chi connectivity index (χ1n) is 6.08. The number of halogens is 1. The van der Waals surface area contributed by atoms with Gasteiger partial charge < -0.3 is 5.11 Å². The second-order valence-electron chi connectivity index (χ2n) is 4.40. The summed E-state index contributed by atoms with van der Waals surface area (Å²) < 4.78 is 12.7. The minimum atomic E-state index is -0.310. The van der Waals surface area contributed by atoms with Gasteiger partial charge in [-0.05, 0) is 36.5 Å². The van der Waals surface area contributed by atoms with Crippen molar-refractivity contribution in [2.45, 2.75) is 45.6 Å². The van der Waals surface area contributed by atoms with Crippen LogP contribution in [-0.2, 0) is 6.42 Å². The van der Waals surface area contributed by atoms with E-state index in [1.165, 1.54) is 12.1 Å². The first kappa shape index (κ1) is 13.2. The van der Waals surface area contributed by atoms with Gasteiger partial charge in [-0.25, -0.2) is 4.39 Å². The molecule has 0 saturated carbocycles. The highest BCUT2D eigenvalue weighted by atomic mass is 19.1. The number of benzene rings is 1. The second kappa shape index (κ2) is 6.64. The average Bonchev–Trinajstić information content (AvgIpc) is 2.29. The van der Waals surface area contributed by atoms with Crippen LogP contribution in [0.1, 0.15) is 38.7 Å². The Morgan fingerprint density at radius 2 is 1.69 bits per heavy atom. The van der Waals surface area contributed by atoms with Gasteiger partial charge in [-0.2, -0.15) is 0 Å². The van der Waals surface area contributed by atoms with E-state index in [2.05, 4.69) is 13.8 Å². The molecule has 0 amide bonds. The summed E-state index contributed by atoms with van der Waals surface area (Å²) >= 11 is 0. The van der Waals surface area contributed by atoms with Crippen molar-refractivity contribution in [2.75, 3.05) is 0 Å². The molecule has 0 saturated heterocycles. The Hall–Kier alpha value is -0.890. The van der Waals surface area contributed by atoms with E-state index >= 15 is 0 Å². The van der Waals surface area contributed by atoms with Crippen molar-refractivity contribution in [1.29, 1.82) is 0 Å². The van der Waals surface area contributed by atoms with E-state index in [9.17, 15) is 9.50 Å². The van der Waals surface area contributed by atoms with Crippen LogP contribution < -0.4 is 0 Å². The van der Waals surface area contributed by atoms with Gasteiger partial charge in [0.1, 0.15) is 5.82 Å². The summed E-state index contributed by atoms with van der Waals surface area (Å²) in [6.07, 6.45) is 3.37. The van der Waals surface area contributed by atoms with Crippen LogP contribution in [0, 0.1) is 11.7 Å². The lowest BCUT2D eigenvalue weighted by Gasteiger charge is -2.17. The minimum absolute atomic E-state index is 0.224. The van der Waals surface area contributed by atoms with Gasteiger partial charge in [0, 0.05) is 0 Å². The third-order valence-corrected chi connectivity index (χ3v) is 3.14. The molecule has 0 aliphatic rings. The van der Waals surface area contributed by atoms with Crippen LogP contribution in [0.2, 0.25) is 0 Å². The highest BCUT2D eigenvalue weighted by Gasteiger charge is 2.11. The molecule has 1 nitrogen and oxygen atoms in total. The summed E-state index contributed by atoms with van der Waals surface area (Å²) in [5.41, 5.74) is 1.000. The summed E-state index contributed by atoms with van der Waals surface area (Å²) in [6, 6.07) is 6.37. The van der Waals surface area contributed by atoms with Crippen LogP contribution >= 0.6 is 0 Å². The van der Waals surface area contributed by atoms with E-state index in [1.807, 2.05) is 0 Å². The van der Waals surface area contributed by atoms with Crippen LogP contribution in [0.4, 0.5) is 4.39 Å². The Morgan fingerprint density at radius 3 is 2.19 bits per heavy atom. The zero-order chi connectivity index (χ0) is 12.0. The Balaban J connectivity index is 2.44. The Bertz CT molecular complexity index is 290. The molecule has 1 aromatic carbocycles. The molecule has 0 aromatic heterocycles. The smallest absolute Gasteiger partial charge is 0.123 e. The molecule has 1 N–H and O–H groups in total. The normalized spacial score (nSPS) is 13.1. The Labute approximate surface area is 97.3 Å². The van der Waals surface area contributed by atoms with Gasteiger partial charge in [-0.3, -0.25) is 0 Å². The zero-order valence-corrected chi connectivity index (χ0v) is 10.1. The summed E-state index contributed by atoms with van der Waals surface area (Å²) in [7, 11) is 0. The molecule has 2 heteroatoms. The highest BCUT2D eigenvalue weighted by Crippen LogP contribution is 2.17. The fourth-order valence-electron chi connectivity index (χ4n) is 1.98. The van der Waals surface area contributed by atoms with E-state index in [0.29, 0.717) is 12.3 Å². The molecule has 1 aromatic rings. The second-order valence-corrected chi connectivity index (χ2v) is 4.40. The molecule has 0 bridgehead atoms. The molecule has 90 valence electrons. The van der Waals surface area contributed by atoms with Gasteiger partial charge in [-0.15, -0.1) is 0 Å². The van der Waals surface area contributed by atoms with E-state index in [1.54, 1.807) is 12.1 Å². The number of rotatable bonds is 6. The van der Waals surface area contributed by atoms with E-state index in [4.69, 9.17) is 0 Å². The maximum Gasteiger partial charge on any atom is 0.123 e. The Morgan fingerprint density at radius 1 is 1.12 bits per heavy atom. The van der Waals surface area contributed by atoms with Gasteiger partial charge in [-0.1, -0.05) is 38.8 Å². The fourth-order valence-corrected chi connectivity index (χ4v) is 1.98. The predicted octanol–water partition coefficient (Wildman–Crippen LogP) is 3.56. The first-order valence-corrected chi connectivity index (χ1v) is 6.08. The SMILES string of the molecule is CCC(CC)CC(O)Cc1ccc(F)cc1. The molecule has 0 spiro atoms. The van der Waals surface area contributed by atoms with Crippen molar-refractivity contribution < 1.29 is 9.50 Å². The molecule has 0 radical (unpaired) electrons. The summed E-state index contributed by atoms with van der Waals surface area (Å²) in [5.74, 6) is 0.369.